The number of benzene rings is 2. The summed E-state index contributed by atoms with van der Waals surface area (Å²) in [7, 11) is -4.16. The van der Waals surface area contributed by atoms with Gasteiger partial charge >= 0.3 is 12.1 Å². The van der Waals surface area contributed by atoms with Crippen LogP contribution in [0.4, 0.5) is 4.79 Å². The number of carbonyl (C=O) groups excluding carboxylic acids is 1. The summed E-state index contributed by atoms with van der Waals surface area (Å²) in [6.45, 7) is 0.290. The maximum atomic E-state index is 13.5. The summed E-state index contributed by atoms with van der Waals surface area (Å²) in [6.07, 6.45) is 4.23. The highest BCUT2D eigenvalue weighted by molar-refractivity contribution is 7.91. The van der Waals surface area contributed by atoms with Crippen LogP contribution >= 0.6 is 22.9 Å². The monoisotopic (exact) mass is 602 g/mol. The maximum absolute atomic E-state index is 13.5. The molecule has 2 aliphatic rings. The predicted octanol–water partition coefficient (Wildman–Crippen LogP) is 5.96. The molecule has 1 amide bonds. The second-order valence-electron chi connectivity index (χ2n) is 10.4. The summed E-state index contributed by atoms with van der Waals surface area (Å²) >= 11 is 7.04. The van der Waals surface area contributed by atoms with E-state index in [4.69, 9.17) is 16.3 Å². The summed E-state index contributed by atoms with van der Waals surface area (Å²) in [5.41, 5.74) is -1.14. The van der Waals surface area contributed by atoms with Gasteiger partial charge in [0, 0.05) is 21.9 Å². The van der Waals surface area contributed by atoms with E-state index in [1.807, 2.05) is 30.3 Å². The van der Waals surface area contributed by atoms with E-state index >= 15 is 0 Å². The lowest BCUT2D eigenvalue weighted by molar-refractivity contribution is -0.140. The second-order valence-corrected chi connectivity index (χ2v) is 13.8. The fourth-order valence-electron chi connectivity index (χ4n) is 5.71. The first-order valence-corrected chi connectivity index (χ1v) is 16.0. The van der Waals surface area contributed by atoms with Crippen LogP contribution in [0.25, 0.3) is 10.4 Å². The van der Waals surface area contributed by atoms with Gasteiger partial charge in [-0.25, -0.2) is 13.2 Å². The highest BCUT2D eigenvalue weighted by Gasteiger charge is 2.74. The standard InChI is InChI=1S/C29H31ClN2O6S2/c30-22-13-11-20(12-14-22)24-15-16-25(39-24)40(36,37)32-29(26(33)34)19-28(29,21-7-2-1-3-8-21)17-6-18-31-27(35)38-23-9-4-5-10-23/h1-3,7-8,11-16,23,32H,4-6,9-10,17-19H2,(H,31,35)(H,33,34). The SMILES string of the molecule is O=C(NCCCC1(c2ccccc2)CC1(NS(=O)(=O)c1ccc(-c2ccc(Cl)cc2)s1)C(=O)O)OC1CCCC1. The zero-order chi connectivity index (χ0) is 28.4. The van der Waals surface area contributed by atoms with Crippen LogP contribution in [0.5, 0.6) is 0 Å². The Bertz CT molecular complexity index is 1470. The molecule has 2 aromatic carbocycles. The number of hydrogen-bond donors (Lipinski definition) is 3. The molecule has 0 saturated heterocycles. The van der Waals surface area contributed by atoms with Gasteiger partial charge in [0.25, 0.3) is 10.0 Å². The highest BCUT2D eigenvalue weighted by atomic mass is 35.5. The van der Waals surface area contributed by atoms with Crippen LogP contribution in [0.2, 0.25) is 5.02 Å². The van der Waals surface area contributed by atoms with Crippen molar-refractivity contribution in [2.24, 2.45) is 0 Å². The van der Waals surface area contributed by atoms with Gasteiger partial charge in [-0.3, -0.25) is 4.79 Å². The Labute approximate surface area is 242 Å². The first kappa shape index (κ1) is 28.6. The fourth-order valence-corrected chi connectivity index (χ4v) is 8.57. The fraction of sp³-hybridized carbons (Fsp3) is 0.379. The average Bonchev–Trinajstić information content (AvgIpc) is 3.31. The van der Waals surface area contributed by atoms with E-state index in [9.17, 15) is 23.1 Å². The summed E-state index contributed by atoms with van der Waals surface area (Å²) in [6, 6.07) is 19.3. The quantitative estimate of drug-likeness (QED) is 0.233. The Morgan fingerprint density at radius 2 is 1.73 bits per heavy atom. The van der Waals surface area contributed by atoms with Gasteiger partial charge < -0.3 is 15.2 Å². The van der Waals surface area contributed by atoms with Crippen LogP contribution < -0.4 is 10.0 Å². The number of carbonyl (C=O) groups is 2. The molecule has 5 rings (SSSR count). The van der Waals surface area contributed by atoms with Crippen molar-refractivity contribution in [3.63, 3.8) is 0 Å². The van der Waals surface area contributed by atoms with Crippen molar-refractivity contribution in [3.05, 3.63) is 77.3 Å². The van der Waals surface area contributed by atoms with Crippen molar-refractivity contribution in [1.82, 2.24) is 10.0 Å². The Balaban J connectivity index is 1.33. The normalized spacial score (nSPS) is 22.6. The molecular formula is C29H31ClN2O6S2. The van der Waals surface area contributed by atoms with E-state index in [2.05, 4.69) is 10.0 Å². The molecule has 0 radical (unpaired) electrons. The number of halogens is 1. The maximum Gasteiger partial charge on any atom is 0.407 e. The van der Waals surface area contributed by atoms with Gasteiger partial charge in [-0.1, -0.05) is 54.1 Å². The molecule has 3 N–H and O–H groups in total. The number of thiophene rings is 1. The van der Waals surface area contributed by atoms with E-state index in [1.54, 1.807) is 30.3 Å². The van der Waals surface area contributed by atoms with Crippen LogP contribution in [0.3, 0.4) is 0 Å². The first-order valence-electron chi connectivity index (χ1n) is 13.3. The van der Waals surface area contributed by atoms with Crippen molar-refractivity contribution in [2.75, 3.05) is 6.54 Å². The number of ether oxygens (including phenoxy) is 1. The molecule has 2 atom stereocenters. The molecule has 8 nitrogen and oxygen atoms in total. The lowest BCUT2D eigenvalue weighted by atomic mass is 9.86. The predicted molar refractivity (Wildman–Crippen MR) is 154 cm³/mol. The topological polar surface area (TPSA) is 122 Å². The van der Waals surface area contributed by atoms with Crippen molar-refractivity contribution in [2.45, 2.75) is 66.2 Å². The largest absolute Gasteiger partial charge is 0.480 e. The Morgan fingerprint density at radius 3 is 2.40 bits per heavy atom. The molecule has 3 aromatic rings. The number of carboxylic acid groups (broad SMARTS) is 1. The van der Waals surface area contributed by atoms with Crippen molar-refractivity contribution in [3.8, 4) is 10.4 Å². The van der Waals surface area contributed by atoms with Gasteiger partial charge in [0.15, 0.2) is 0 Å². The molecule has 40 heavy (non-hydrogen) atoms. The third kappa shape index (κ3) is 5.76. The van der Waals surface area contributed by atoms with E-state index < -0.39 is 33.0 Å². The Morgan fingerprint density at radius 1 is 1.02 bits per heavy atom. The molecule has 1 aromatic heterocycles. The van der Waals surface area contributed by atoms with Crippen LogP contribution in [-0.4, -0.2) is 43.8 Å². The zero-order valence-electron chi connectivity index (χ0n) is 21.8. The van der Waals surface area contributed by atoms with Crippen molar-refractivity contribution < 1.29 is 27.9 Å². The third-order valence-electron chi connectivity index (χ3n) is 7.86. The van der Waals surface area contributed by atoms with Gasteiger partial charge in [0.2, 0.25) is 0 Å². The van der Waals surface area contributed by atoms with Crippen molar-refractivity contribution >= 4 is 45.0 Å². The molecule has 212 valence electrons. The van der Waals surface area contributed by atoms with Crippen molar-refractivity contribution in [1.29, 1.82) is 0 Å². The molecule has 11 heteroatoms. The molecule has 2 saturated carbocycles. The van der Waals surface area contributed by atoms with Crippen LogP contribution in [-0.2, 0) is 25.0 Å². The number of nitrogens with one attached hydrogen (secondary N) is 2. The lowest BCUT2D eigenvalue weighted by Crippen LogP contribution is -2.48. The summed E-state index contributed by atoms with van der Waals surface area (Å²) in [5, 5.41) is 13.7. The average molecular weight is 603 g/mol. The van der Waals surface area contributed by atoms with Gasteiger partial charge in [-0.05, 0) is 80.3 Å². The van der Waals surface area contributed by atoms with Crippen LogP contribution in [0, 0.1) is 0 Å². The number of hydrogen-bond acceptors (Lipinski definition) is 6. The van der Waals surface area contributed by atoms with Gasteiger partial charge in [0.05, 0.1) is 0 Å². The third-order valence-corrected chi connectivity index (χ3v) is 11.2. The van der Waals surface area contributed by atoms with E-state index in [-0.39, 0.29) is 23.3 Å². The molecule has 0 aliphatic heterocycles. The van der Waals surface area contributed by atoms with Crippen LogP contribution in [0.15, 0.2) is 70.9 Å². The summed E-state index contributed by atoms with van der Waals surface area (Å²) < 4.78 is 35.1. The van der Waals surface area contributed by atoms with E-state index in [0.29, 0.717) is 17.9 Å². The van der Waals surface area contributed by atoms with Gasteiger partial charge in [0.1, 0.15) is 15.9 Å². The molecular weight excluding hydrogens is 572 g/mol. The number of rotatable bonds is 11. The van der Waals surface area contributed by atoms with Crippen LogP contribution in [0.1, 0.15) is 50.5 Å². The Kier molecular flexibility index (Phi) is 8.24. The summed E-state index contributed by atoms with van der Waals surface area (Å²) in [4.78, 5) is 25.7. The summed E-state index contributed by atoms with van der Waals surface area (Å²) in [5.74, 6) is -1.23. The molecule has 0 bridgehead atoms. The minimum absolute atomic E-state index is 0.0308. The van der Waals surface area contributed by atoms with Gasteiger partial charge in [-0.15, -0.1) is 11.3 Å². The van der Waals surface area contributed by atoms with E-state index in [0.717, 1.165) is 53.0 Å². The lowest BCUT2D eigenvalue weighted by Gasteiger charge is -2.24. The molecule has 0 spiro atoms. The highest BCUT2D eigenvalue weighted by Crippen LogP contribution is 2.61. The number of aliphatic carboxylic acids is 1. The van der Waals surface area contributed by atoms with E-state index in [1.165, 1.54) is 6.07 Å². The first-order chi connectivity index (χ1) is 19.2. The van der Waals surface area contributed by atoms with Gasteiger partial charge in [-0.2, -0.15) is 4.72 Å². The number of sulfonamides is 1. The minimum Gasteiger partial charge on any atom is -0.480 e. The number of carboxylic acids is 1. The number of alkyl carbamates (subject to hydrolysis) is 1. The zero-order valence-corrected chi connectivity index (χ0v) is 24.2. The number of amides is 1. The molecule has 1 heterocycles. The molecule has 2 unspecified atom stereocenters. The minimum atomic E-state index is -4.16. The Hall–Kier alpha value is -2.92. The second kappa shape index (κ2) is 11.5. The molecule has 2 aliphatic carbocycles. The molecule has 2 fully saturated rings. The smallest absolute Gasteiger partial charge is 0.407 e.